The summed E-state index contributed by atoms with van der Waals surface area (Å²) in [5.74, 6) is 0.628. The number of amides is 1. The van der Waals surface area contributed by atoms with Crippen molar-refractivity contribution in [3.05, 3.63) is 81.5 Å². The summed E-state index contributed by atoms with van der Waals surface area (Å²) in [6, 6.07) is 19.4. The first-order chi connectivity index (χ1) is 15.5. The lowest BCUT2D eigenvalue weighted by Crippen LogP contribution is -2.21. The molecule has 0 atom stereocenters. The number of thiophene rings is 1. The van der Waals surface area contributed by atoms with E-state index in [4.69, 9.17) is 11.6 Å². The van der Waals surface area contributed by atoms with E-state index >= 15 is 0 Å². The summed E-state index contributed by atoms with van der Waals surface area (Å²) in [5, 5.41) is 16.2. The summed E-state index contributed by atoms with van der Waals surface area (Å²) >= 11 is 8.93. The standard InChI is InChI=1S/C23H20ClN5OS2/c1-15-5-11-19(12-6-15)29-22(17-7-9-18(24)10-8-17)27-28-23(29)32-14-21(30)26-25-16(2)20-4-3-13-31-20/h3-13H,14H2,1-2H3,(H,26,30). The zero-order valence-corrected chi connectivity index (χ0v) is 19.8. The van der Waals surface area contributed by atoms with E-state index in [1.807, 2.05) is 84.5 Å². The first kappa shape index (κ1) is 22.3. The molecule has 0 saturated carbocycles. The maximum Gasteiger partial charge on any atom is 0.250 e. The van der Waals surface area contributed by atoms with Crippen molar-refractivity contribution in [2.24, 2.45) is 5.10 Å². The van der Waals surface area contributed by atoms with Gasteiger partial charge in [0.25, 0.3) is 5.91 Å². The minimum absolute atomic E-state index is 0.159. The van der Waals surface area contributed by atoms with Crippen LogP contribution in [0.15, 0.2) is 76.3 Å². The molecular formula is C23H20ClN5OS2. The molecule has 6 nitrogen and oxygen atoms in total. The number of rotatable bonds is 7. The number of hydrogen-bond donors (Lipinski definition) is 1. The van der Waals surface area contributed by atoms with Crippen molar-refractivity contribution in [2.45, 2.75) is 19.0 Å². The second-order valence-corrected chi connectivity index (χ2v) is 9.31. The van der Waals surface area contributed by atoms with Gasteiger partial charge in [-0.1, -0.05) is 47.1 Å². The monoisotopic (exact) mass is 481 g/mol. The Hall–Kier alpha value is -2.94. The van der Waals surface area contributed by atoms with E-state index in [9.17, 15) is 4.79 Å². The molecule has 2 aromatic carbocycles. The van der Waals surface area contributed by atoms with Crippen molar-refractivity contribution in [1.29, 1.82) is 0 Å². The lowest BCUT2D eigenvalue weighted by Gasteiger charge is -2.11. The molecule has 4 rings (SSSR count). The zero-order chi connectivity index (χ0) is 22.5. The van der Waals surface area contributed by atoms with Crippen LogP contribution in [0.3, 0.4) is 0 Å². The molecule has 162 valence electrons. The number of hydrazone groups is 1. The van der Waals surface area contributed by atoms with Crippen LogP contribution < -0.4 is 5.43 Å². The number of carbonyl (C=O) groups excluding carboxylic acids is 1. The van der Waals surface area contributed by atoms with Crippen molar-refractivity contribution in [3.63, 3.8) is 0 Å². The number of halogens is 1. The predicted octanol–water partition coefficient (Wildman–Crippen LogP) is 5.59. The van der Waals surface area contributed by atoms with Crippen LogP contribution in [-0.4, -0.2) is 32.1 Å². The topological polar surface area (TPSA) is 72.2 Å². The number of carbonyl (C=O) groups is 1. The third-order valence-corrected chi connectivity index (χ3v) is 6.75. The molecule has 0 spiro atoms. The molecule has 0 aliphatic heterocycles. The Morgan fingerprint density at radius 2 is 1.88 bits per heavy atom. The van der Waals surface area contributed by atoms with E-state index in [0.717, 1.165) is 27.4 Å². The zero-order valence-electron chi connectivity index (χ0n) is 17.4. The maximum absolute atomic E-state index is 12.4. The Morgan fingerprint density at radius 3 is 2.56 bits per heavy atom. The van der Waals surface area contributed by atoms with E-state index in [1.54, 1.807) is 11.3 Å². The molecule has 1 amide bonds. The van der Waals surface area contributed by atoms with Gasteiger partial charge in [0.05, 0.1) is 11.5 Å². The van der Waals surface area contributed by atoms with Crippen LogP contribution in [-0.2, 0) is 4.79 Å². The summed E-state index contributed by atoms with van der Waals surface area (Å²) in [4.78, 5) is 13.4. The normalized spacial score (nSPS) is 11.5. The van der Waals surface area contributed by atoms with Crippen LogP contribution in [0.4, 0.5) is 0 Å². The molecule has 0 saturated heterocycles. The Bertz CT molecular complexity index is 1230. The fourth-order valence-corrected chi connectivity index (χ4v) is 4.47. The second kappa shape index (κ2) is 10.1. The van der Waals surface area contributed by atoms with Crippen LogP contribution in [0, 0.1) is 6.92 Å². The number of hydrogen-bond acceptors (Lipinski definition) is 6. The van der Waals surface area contributed by atoms with Gasteiger partial charge in [0.2, 0.25) is 0 Å². The van der Waals surface area contributed by atoms with E-state index in [1.165, 1.54) is 11.8 Å². The quantitative estimate of drug-likeness (QED) is 0.212. The van der Waals surface area contributed by atoms with Gasteiger partial charge in [-0.3, -0.25) is 9.36 Å². The average Bonchev–Trinajstić information content (AvgIpc) is 3.48. The lowest BCUT2D eigenvalue weighted by atomic mass is 10.2. The Kier molecular flexibility index (Phi) is 7.04. The van der Waals surface area contributed by atoms with Crippen LogP contribution in [0.2, 0.25) is 5.02 Å². The van der Waals surface area contributed by atoms with E-state index in [2.05, 4.69) is 20.7 Å². The summed E-state index contributed by atoms with van der Waals surface area (Å²) in [6.45, 7) is 3.90. The third kappa shape index (κ3) is 5.27. The Labute approximate surface area is 199 Å². The van der Waals surface area contributed by atoms with Crippen LogP contribution >= 0.6 is 34.7 Å². The van der Waals surface area contributed by atoms with E-state index < -0.39 is 0 Å². The van der Waals surface area contributed by atoms with Crippen molar-refractivity contribution in [2.75, 3.05) is 5.75 Å². The molecule has 0 bridgehead atoms. The number of aryl methyl sites for hydroxylation is 1. The Balaban J connectivity index is 1.55. The molecule has 0 radical (unpaired) electrons. The second-order valence-electron chi connectivity index (χ2n) is 6.98. The highest BCUT2D eigenvalue weighted by atomic mass is 35.5. The van der Waals surface area contributed by atoms with Gasteiger partial charge in [-0.05, 0) is 61.7 Å². The first-order valence-electron chi connectivity index (χ1n) is 9.79. The minimum Gasteiger partial charge on any atom is -0.272 e. The predicted molar refractivity (Wildman–Crippen MR) is 132 cm³/mol. The van der Waals surface area contributed by atoms with Gasteiger partial charge < -0.3 is 0 Å². The van der Waals surface area contributed by atoms with Gasteiger partial charge >= 0.3 is 0 Å². The largest absolute Gasteiger partial charge is 0.272 e. The van der Waals surface area contributed by atoms with Crippen LogP contribution in [0.1, 0.15) is 17.4 Å². The molecule has 0 aliphatic carbocycles. The number of benzene rings is 2. The van der Waals surface area contributed by atoms with E-state index in [0.29, 0.717) is 16.0 Å². The number of thioether (sulfide) groups is 1. The molecule has 0 fully saturated rings. The SMILES string of the molecule is CC(=NNC(=O)CSc1nnc(-c2ccc(Cl)cc2)n1-c1ccc(C)cc1)c1cccs1. The van der Waals surface area contributed by atoms with Crippen molar-refractivity contribution in [3.8, 4) is 17.1 Å². The summed E-state index contributed by atoms with van der Waals surface area (Å²) in [7, 11) is 0. The third-order valence-electron chi connectivity index (χ3n) is 4.59. The molecule has 4 aromatic rings. The number of aromatic nitrogens is 3. The Morgan fingerprint density at radius 1 is 1.12 bits per heavy atom. The van der Waals surface area contributed by atoms with Gasteiger partial charge in [0.1, 0.15) is 0 Å². The highest BCUT2D eigenvalue weighted by Crippen LogP contribution is 2.28. The molecule has 32 heavy (non-hydrogen) atoms. The fourth-order valence-electron chi connectivity index (χ4n) is 2.92. The highest BCUT2D eigenvalue weighted by Gasteiger charge is 2.17. The summed E-state index contributed by atoms with van der Waals surface area (Å²) in [5.41, 5.74) is 6.34. The highest BCUT2D eigenvalue weighted by molar-refractivity contribution is 7.99. The first-order valence-corrected chi connectivity index (χ1v) is 12.0. The lowest BCUT2D eigenvalue weighted by molar-refractivity contribution is -0.118. The average molecular weight is 482 g/mol. The van der Waals surface area contributed by atoms with Gasteiger partial charge in [0, 0.05) is 21.2 Å². The summed E-state index contributed by atoms with van der Waals surface area (Å²) in [6.07, 6.45) is 0. The maximum atomic E-state index is 12.4. The van der Waals surface area contributed by atoms with Crippen molar-refractivity contribution >= 4 is 46.3 Å². The van der Waals surface area contributed by atoms with Gasteiger partial charge in [-0.15, -0.1) is 21.5 Å². The van der Waals surface area contributed by atoms with Crippen molar-refractivity contribution in [1.82, 2.24) is 20.2 Å². The smallest absolute Gasteiger partial charge is 0.250 e. The van der Waals surface area contributed by atoms with Crippen LogP contribution in [0.25, 0.3) is 17.1 Å². The fraction of sp³-hybridized carbons (Fsp3) is 0.130. The number of nitrogens with zero attached hydrogens (tertiary/aromatic N) is 4. The summed E-state index contributed by atoms with van der Waals surface area (Å²) < 4.78 is 1.95. The van der Waals surface area contributed by atoms with Gasteiger partial charge in [0.15, 0.2) is 11.0 Å². The van der Waals surface area contributed by atoms with Gasteiger partial charge in [-0.2, -0.15) is 5.10 Å². The van der Waals surface area contributed by atoms with Crippen LogP contribution in [0.5, 0.6) is 0 Å². The minimum atomic E-state index is -0.211. The molecule has 1 N–H and O–H groups in total. The molecule has 9 heteroatoms. The van der Waals surface area contributed by atoms with E-state index in [-0.39, 0.29) is 11.7 Å². The molecule has 0 unspecified atom stereocenters. The molecular weight excluding hydrogens is 462 g/mol. The molecule has 2 heterocycles. The van der Waals surface area contributed by atoms with Gasteiger partial charge in [-0.25, -0.2) is 5.43 Å². The molecule has 0 aliphatic rings. The van der Waals surface area contributed by atoms with Crippen molar-refractivity contribution < 1.29 is 4.79 Å². The molecule has 2 aromatic heterocycles. The number of nitrogens with one attached hydrogen (secondary N) is 1.